The number of carbonyl (C=O) groups excluding carboxylic acids is 1. The lowest BCUT2D eigenvalue weighted by atomic mass is 10.1. The topological polar surface area (TPSA) is 57.6 Å². The average Bonchev–Trinajstić information content (AvgIpc) is 2.70. The standard InChI is InChI=1S/C12H13NO3/c1-2-11(14)13-6-9-4-3-8(12(15)16)5-10(9)7-13/h3-5H,2,6-7H2,1H3,(H,15,16). The molecule has 0 aliphatic carbocycles. The molecule has 0 saturated carbocycles. The van der Waals surface area contributed by atoms with Gasteiger partial charge in [0.15, 0.2) is 0 Å². The second-order valence-electron chi connectivity index (χ2n) is 3.89. The zero-order valence-electron chi connectivity index (χ0n) is 9.06. The summed E-state index contributed by atoms with van der Waals surface area (Å²) in [5.74, 6) is -0.823. The maximum Gasteiger partial charge on any atom is 0.335 e. The molecule has 0 unspecified atom stereocenters. The van der Waals surface area contributed by atoms with Gasteiger partial charge in [0.05, 0.1) is 5.56 Å². The molecule has 0 aromatic heterocycles. The first kappa shape index (κ1) is 10.7. The number of benzene rings is 1. The van der Waals surface area contributed by atoms with Crippen LogP contribution in [-0.2, 0) is 17.9 Å². The molecule has 1 heterocycles. The molecule has 0 radical (unpaired) electrons. The summed E-state index contributed by atoms with van der Waals surface area (Å²) in [4.78, 5) is 24.0. The van der Waals surface area contributed by atoms with E-state index in [1.165, 1.54) is 0 Å². The third kappa shape index (κ3) is 1.78. The lowest BCUT2D eigenvalue weighted by Crippen LogP contribution is -2.23. The third-order valence-corrected chi connectivity index (χ3v) is 2.83. The van der Waals surface area contributed by atoms with Gasteiger partial charge in [0, 0.05) is 19.5 Å². The Bertz CT molecular complexity index is 454. The van der Waals surface area contributed by atoms with Gasteiger partial charge in [0.25, 0.3) is 0 Å². The van der Waals surface area contributed by atoms with Crippen molar-refractivity contribution in [2.24, 2.45) is 0 Å². The molecule has 1 aromatic carbocycles. The van der Waals surface area contributed by atoms with E-state index in [1.807, 2.05) is 6.92 Å². The normalized spacial score (nSPS) is 13.7. The Morgan fingerprint density at radius 3 is 2.62 bits per heavy atom. The fourth-order valence-corrected chi connectivity index (χ4v) is 1.93. The van der Waals surface area contributed by atoms with Crippen LogP contribution < -0.4 is 0 Å². The molecule has 16 heavy (non-hydrogen) atoms. The van der Waals surface area contributed by atoms with Crippen LogP contribution in [0.2, 0.25) is 0 Å². The number of rotatable bonds is 2. The maximum atomic E-state index is 11.5. The minimum absolute atomic E-state index is 0.105. The van der Waals surface area contributed by atoms with Crippen molar-refractivity contribution in [1.29, 1.82) is 0 Å². The van der Waals surface area contributed by atoms with Crippen LogP contribution in [-0.4, -0.2) is 21.9 Å². The first-order valence-electron chi connectivity index (χ1n) is 5.24. The van der Waals surface area contributed by atoms with Crippen LogP contribution >= 0.6 is 0 Å². The van der Waals surface area contributed by atoms with Gasteiger partial charge in [-0.05, 0) is 23.3 Å². The molecule has 0 spiro atoms. The van der Waals surface area contributed by atoms with Crippen molar-refractivity contribution in [2.45, 2.75) is 26.4 Å². The predicted molar refractivity (Wildman–Crippen MR) is 57.9 cm³/mol. The van der Waals surface area contributed by atoms with Crippen molar-refractivity contribution >= 4 is 11.9 Å². The van der Waals surface area contributed by atoms with E-state index in [2.05, 4.69) is 0 Å². The molecule has 4 nitrogen and oxygen atoms in total. The second kappa shape index (κ2) is 3.96. The summed E-state index contributed by atoms with van der Waals surface area (Å²) in [6.45, 7) is 2.96. The van der Waals surface area contributed by atoms with Crippen molar-refractivity contribution in [3.63, 3.8) is 0 Å². The Morgan fingerprint density at radius 2 is 2.00 bits per heavy atom. The van der Waals surface area contributed by atoms with Crippen LogP contribution in [0.25, 0.3) is 0 Å². The lowest BCUT2D eigenvalue weighted by molar-refractivity contribution is -0.131. The molecular formula is C12H13NO3. The van der Waals surface area contributed by atoms with Crippen LogP contribution in [0, 0.1) is 0 Å². The highest BCUT2D eigenvalue weighted by Crippen LogP contribution is 2.24. The number of fused-ring (bicyclic) bond motifs is 1. The van der Waals surface area contributed by atoms with E-state index in [-0.39, 0.29) is 11.5 Å². The van der Waals surface area contributed by atoms with E-state index in [1.54, 1.807) is 23.1 Å². The smallest absolute Gasteiger partial charge is 0.335 e. The van der Waals surface area contributed by atoms with Gasteiger partial charge in [-0.1, -0.05) is 13.0 Å². The minimum atomic E-state index is -0.928. The van der Waals surface area contributed by atoms with Crippen LogP contribution in [0.3, 0.4) is 0 Å². The van der Waals surface area contributed by atoms with Crippen molar-refractivity contribution < 1.29 is 14.7 Å². The van der Waals surface area contributed by atoms with E-state index >= 15 is 0 Å². The zero-order chi connectivity index (χ0) is 11.7. The summed E-state index contributed by atoms with van der Waals surface area (Å²) in [5.41, 5.74) is 2.28. The van der Waals surface area contributed by atoms with Gasteiger partial charge in [-0.15, -0.1) is 0 Å². The predicted octanol–water partition coefficient (Wildman–Crippen LogP) is 1.64. The number of nitrogens with zero attached hydrogens (tertiary/aromatic N) is 1. The fourth-order valence-electron chi connectivity index (χ4n) is 1.93. The van der Waals surface area contributed by atoms with Gasteiger partial charge in [0.1, 0.15) is 0 Å². The van der Waals surface area contributed by atoms with E-state index in [9.17, 15) is 9.59 Å². The van der Waals surface area contributed by atoms with Crippen LogP contribution in [0.15, 0.2) is 18.2 Å². The van der Waals surface area contributed by atoms with Gasteiger partial charge >= 0.3 is 5.97 Å². The quantitative estimate of drug-likeness (QED) is 0.822. The summed E-state index contributed by atoms with van der Waals surface area (Å²) >= 11 is 0. The maximum absolute atomic E-state index is 11.5. The molecule has 0 fully saturated rings. The number of amides is 1. The summed E-state index contributed by atoms with van der Waals surface area (Å²) in [6.07, 6.45) is 0.486. The molecular weight excluding hydrogens is 206 g/mol. The monoisotopic (exact) mass is 219 g/mol. The van der Waals surface area contributed by atoms with Gasteiger partial charge < -0.3 is 10.0 Å². The number of hydrogen-bond donors (Lipinski definition) is 1. The highest BCUT2D eigenvalue weighted by molar-refractivity contribution is 5.88. The molecule has 4 heteroatoms. The van der Waals surface area contributed by atoms with Crippen molar-refractivity contribution in [2.75, 3.05) is 0 Å². The van der Waals surface area contributed by atoms with Crippen molar-refractivity contribution in [3.8, 4) is 0 Å². The second-order valence-corrected chi connectivity index (χ2v) is 3.89. The Balaban J connectivity index is 2.24. The Hall–Kier alpha value is -1.84. The molecule has 0 bridgehead atoms. The number of carboxylic acids is 1. The number of carboxylic acid groups (broad SMARTS) is 1. The van der Waals surface area contributed by atoms with Gasteiger partial charge in [0.2, 0.25) is 5.91 Å². The highest BCUT2D eigenvalue weighted by atomic mass is 16.4. The van der Waals surface area contributed by atoms with Crippen LogP contribution in [0.4, 0.5) is 0 Å². The number of hydrogen-bond acceptors (Lipinski definition) is 2. The molecule has 1 N–H and O–H groups in total. The van der Waals surface area contributed by atoms with Crippen molar-refractivity contribution in [3.05, 3.63) is 34.9 Å². The molecule has 1 aliphatic rings. The molecule has 84 valence electrons. The average molecular weight is 219 g/mol. The molecule has 1 aliphatic heterocycles. The SMILES string of the molecule is CCC(=O)N1Cc2ccc(C(=O)O)cc2C1. The van der Waals surface area contributed by atoms with E-state index in [4.69, 9.17) is 5.11 Å². The highest BCUT2D eigenvalue weighted by Gasteiger charge is 2.22. The molecule has 2 rings (SSSR count). The van der Waals surface area contributed by atoms with E-state index in [0.717, 1.165) is 11.1 Å². The lowest BCUT2D eigenvalue weighted by Gasteiger charge is -2.13. The first-order valence-corrected chi connectivity index (χ1v) is 5.24. The molecule has 0 atom stereocenters. The Morgan fingerprint density at radius 1 is 1.31 bits per heavy atom. The number of carbonyl (C=O) groups is 2. The summed E-state index contributed by atoms with van der Waals surface area (Å²) in [5, 5.41) is 8.86. The Kier molecular flexibility index (Phi) is 2.64. The van der Waals surface area contributed by atoms with Crippen molar-refractivity contribution in [1.82, 2.24) is 4.90 Å². The van der Waals surface area contributed by atoms with E-state index < -0.39 is 5.97 Å². The van der Waals surface area contributed by atoms with Gasteiger partial charge in [-0.3, -0.25) is 4.79 Å². The summed E-state index contributed by atoms with van der Waals surface area (Å²) in [6, 6.07) is 5.03. The van der Waals surface area contributed by atoms with Gasteiger partial charge in [-0.2, -0.15) is 0 Å². The summed E-state index contributed by atoms with van der Waals surface area (Å²) < 4.78 is 0. The molecule has 0 saturated heterocycles. The largest absolute Gasteiger partial charge is 0.478 e. The van der Waals surface area contributed by atoms with Gasteiger partial charge in [-0.25, -0.2) is 4.79 Å². The molecule has 1 aromatic rings. The zero-order valence-corrected chi connectivity index (χ0v) is 9.06. The first-order chi connectivity index (χ1) is 7.61. The number of aromatic carboxylic acids is 1. The third-order valence-electron chi connectivity index (χ3n) is 2.83. The fraction of sp³-hybridized carbons (Fsp3) is 0.333. The van der Waals surface area contributed by atoms with Crippen LogP contribution in [0.1, 0.15) is 34.8 Å². The van der Waals surface area contributed by atoms with Crippen LogP contribution in [0.5, 0.6) is 0 Å². The molecule has 1 amide bonds. The Labute approximate surface area is 93.5 Å². The summed E-state index contributed by atoms with van der Waals surface area (Å²) in [7, 11) is 0. The minimum Gasteiger partial charge on any atom is -0.478 e. The van der Waals surface area contributed by atoms with E-state index in [0.29, 0.717) is 19.5 Å².